The molecular formula is C15H24F2N2O4S. The Kier molecular flexibility index (Phi) is 4.96. The van der Waals surface area contributed by atoms with Gasteiger partial charge in [0.25, 0.3) is 5.91 Å². The maximum Gasteiger partial charge on any atom is 0.259 e. The van der Waals surface area contributed by atoms with Gasteiger partial charge in [-0.05, 0) is 32.6 Å². The molecule has 3 atom stereocenters. The van der Waals surface area contributed by atoms with E-state index in [2.05, 4.69) is 5.32 Å². The molecule has 2 saturated carbocycles. The molecule has 3 unspecified atom stereocenters. The second kappa shape index (κ2) is 6.24. The maximum atomic E-state index is 13.1. The fraction of sp³-hybridized carbons (Fsp3) is 0.867. The number of amides is 2. The number of sulfonamides is 1. The monoisotopic (exact) mass is 366 g/mol. The third kappa shape index (κ3) is 3.41. The topological polar surface area (TPSA) is 92.3 Å². The largest absolute Gasteiger partial charge is 0.341 e. The van der Waals surface area contributed by atoms with Crippen LogP contribution in [0.25, 0.3) is 0 Å². The second-order valence-electron chi connectivity index (χ2n) is 7.18. The quantitative estimate of drug-likeness (QED) is 0.682. The van der Waals surface area contributed by atoms with E-state index in [9.17, 15) is 26.8 Å². The first-order chi connectivity index (χ1) is 11.0. The van der Waals surface area contributed by atoms with Crippen molar-refractivity contribution in [2.24, 2.45) is 11.8 Å². The van der Waals surface area contributed by atoms with E-state index in [-0.39, 0.29) is 6.42 Å². The Morgan fingerprint density at radius 2 is 1.88 bits per heavy atom. The summed E-state index contributed by atoms with van der Waals surface area (Å²) in [5.74, 6) is -3.36. The molecule has 0 saturated heterocycles. The van der Waals surface area contributed by atoms with Crippen molar-refractivity contribution in [1.29, 1.82) is 0 Å². The number of carbonyl (C=O) groups excluding carboxylic acids is 2. The van der Waals surface area contributed by atoms with Crippen molar-refractivity contribution in [3.8, 4) is 0 Å². The molecule has 0 radical (unpaired) electrons. The highest BCUT2D eigenvalue weighted by Gasteiger charge is 2.66. The number of alkyl halides is 2. The van der Waals surface area contributed by atoms with Crippen molar-refractivity contribution in [2.75, 3.05) is 0 Å². The Morgan fingerprint density at radius 3 is 2.29 bits per heavy atom. The van der Waals surface area contributed by atoms with Crippen molar-refractivity contribution in [3.05, 3.63) is 0 Å². The molecule has 0 heterocycles. The Hall–Kier alpha value is -1.25. The van der Waals surface area contributed by atoms with E-state index >= 15 is 0 Å². The summed E-state index contributed by atoms with van der Waals surface area (Å²) < 4.78 is 51.4. The van der Waals surface area contributed by atoms with E-state index in [1.807, 2.05) is 11.6 Å². The van der Waals surface area contributed by atoms with Crippen LogP contribution in [0.1, 0.15) is 52.9 Å². The molecule has 0 bridgehead atoms. The third-order valence-electron chi connectivity index (χ3n) is 5.07. The fourth-order valence-electron chi connectivity index (χ4n) is 2.74. The van der Waals surface area contributed by atoms with Crippen LogP contribution < -0.4 is 10.0 Å². The van der Waals surface area contributed by atoms with Gasteiger partial charge in [0.05, 0.1) is 10.7 Å². The van der Waals surface area contributed by atoms with Gasteiger partial charge in [0, 0.05) is 5.92 Å². The highest BCUT2D eigenvalue weighted by Crippen LogP contribution is 2.49. The molecule has 9 heteroatoms. The van der Waals surface area contributed by atoms with Crippen LogP contribution in [-0.4, -0.2) is 36.9 Å². The third-order valence-corrected chi connectivity index (χ3v) is 7.23. The summed E-state index contributed by atoms with van der Waals surface area (Å²) in [6.07, 6.45) is -0.941. The van der Waals surface area contributed by atoms with Crippen LogP contribution in [0, 0.1) is 11.8 Å². The van der Waals surface area contributed by atoms with E-state index < -0.39 is 50.4 Å². The predicted octanol–water partition coefficient (Wildman–Crippen LogP) is 1.56. The van der Waals surface area contributed by atoms with Crippen LogP contribution in [0.5, 0.6) is 0 Å². The van der Waals surface area contributed by atoms with Gasteiger partial charge in [0.1, 0.15) is 5.54 Å². The molecule has 138 valence electrons. The summed E-state index contributed by atoms with van der Waals surface area (Å²) in [6, 6.07) is 0. The number of hydrogen-bond acceptors (Lipinski definition) is 4. The van der Waals surface area contributed by atoms with Crippen LogP contribution in [0.15, 0.2) is 0 Å². The van der Waals surface area contributed by atoms with Crippen LogP contribution in [0.2, 0.25) is 0 Å². The van der Waals surface area contributed by atoms with Crippen molar-refractivity contribution >= 4 is 21.8 Å². The minimum Gasteiger partial charge on any atom is -0.341 e. The molecule has 0 aliphatic heterocycles. The average Bonchev–Trinajstić information content (AvgIpc) is 3.35. The van der Waals surface area contributed by atoms with Gasteiger partial charge in [-0.25, -0.2) is 17.2 Å². The molecule has 0 spiro atoms. The zero-order chi connectivity index (χ0) is 18.3. The summed E-state index contributed by atoms with van der Waals surface area (Å²) in [5.41, 5.74) is -1.83. The summed E-state index contributed by atoms with van der Waals surface area (Å²) in [4.78, 5) is 24.6. The van der Waals surface area contributed by atoms with Crippen LogP contribution in [-0.2, 0) is 19.6 Å². The first-order valence-corrected chi connectivity index (χ1v) is 9.64. The molecular weight excluding hydrogens is 342 g/mol. The van der Waals surface area contributed by atoms with Gasteiger partial charge in [-0.15, -0.1) is 0 Å². The Balaban J connectivity index is 2.14. The molecule has 0 aromatic carbocycles. The normalized spacial score (nSPS) is 29.0. The smallest absolute Gasteiger partial charge is 0.259 e. The standard InChI is InChI=1S/C15H24F2N2O4S/c1-4-5-9(2)12(20)18-15(8-10(15)11(16)17)13(21)19-24(22,23)14(3)6-7-14/h9-11H,4-8H2,1-3H3,(H,18,20)(H,19,21). The lowest BCUT2D eigenvalue weighted by molar-refractivity contribution is -0.132. The van der Waals surface area contributed by atoms with Gasteiger partial charge in [0.2, 0.25) is 22.4 Å². The zero-order valence-electron chi connectivity index (χ0n) is 14.1. The lowest BCUT2D eigenvalue weighted by Crippen LogP contribution is -2.55. The molecule has 2 N–H and O–H groups in total. The average molecular weight is 366 g/mol. The molecule has 24 heavy (non-hydrogen) atoms. The van der Waals surface area contributed by atoms with E-state index in [1.165, 1.54) is 6.92 Å². The lowest BCUT2D eigenvalue weighted by Gasteiger charge is -2.22. The fourth-order valence-corrected chi connectivity index (χ4v) is 4.05. The number of hydrogen-bond donors (Lipinski definition) is 2. The van der Waals surface area contributed by atoms with Crippen LogP contribution in [0.3, 0.4) is 0 Å². The van der Waals surface area contributed by atoms with Gasteiger partial charge in [-0.1, -0.05) is 20.3 Å². The maximum absolute atomic E-state index is 13.1. The molecule has 6 nitrogen and oxygen atoms in total. The van der Waals surface area contributed by atoms with E-state index in [4.69, 9.17) is 0 Å². The number of nitrogens with one attached hydrogen (secondary N) is 2. The first-order valence-electron chi connectivity index (χ1n) is 8.16. The highest BCUT2D eigenvalue weighted by molar-refractivity contribution is 7.91. The highest BCUT2D eigenvalue weighted by atomic mass is 32.2. The second-order valence-corrected chi connectivity index (χ2v) is 9.38. The minimum absolute atomic E-state index is 0.257. The van der Waals surface area contributed by atoms with Crippen LogP contribution >= 0.6 is 0 Å². The number of carbonyl (C=O) groups is 2. The van der Waals surface area contributed by atoms with Crippen LogP contribution in [0.4, 0.5) is 8.78 Å². The van der Waals surface area contributed by atoms with E-state index in [1.54, 1.807) is 6.92 Å². The number of halogens is 2. The summed E-state index contributed by atoms with van der Waals surface area (Å²) in [5, 5.41) is 2.38. The van der Waals surface area contributed by atoms with E-state index in [0.29, 0.717) is 19.3 Å². The Morgan fingerprint density at radius 1 is 1.29 bits per heavy atom. The first kappa shape index (κ1) is 19.1. The summed E-state index contributed by atoms with van der Waals surface area (Å²) >= 11 is 0. The van der Waals surface area contributed by atoms with Crippen molar-refractivity contribution in [2.45, 2.75) is 69.6 Å². The molecule has 0 aromatic heterocycles. The predicted molar refractivity (Wildman–Crippen MR) is 83.8 cm³/mol. The minimum atomic E-state index is -3.94. The lowest BCUT2D eigenvalue weighted by atomic mass is 10.0. The Bertz CT molecular complexity index is 633. The molecule has 0 aromatic rings. The van der Waals surface area contributed by atoms with Gasteiger partial charge < -0.3 is 5.32 Å². The summed E-state index contributed by atoms with van der Waals surface area (Å²) in [7, 11) is -3.94. The molecule has 2 rings (SSSR count). The zero-order valence-corrected chi connectivity index (χ0v) is 14.9. The van der Waals surface area contributed by atoms with Crippen molar-refractivity contribution in [3.63, 3.8) is 0 Å². The van der Waals surface area contributed by atoms with Gasteiger partial charge in [-0.3, -0.25) is 14.3 Å². The number of rotatable bonds is 8. The van der Waals surface area contributed by atoms with Gasteiger partial charge in [0.15, 0.2) is 0 Å². The Labute approximate surface area is 140 Å². The van der Waals surface area contributed by atoms with Gasteiger partial charge in [-0.2, -0.15) is 0 Å². The van der Waals surface area contributed by atoms with E-state index in [0.717, 1.165) is 6.42 Å². The van der Waals surface area contributed by atoms with Crippen molar-refractivity contribution < 1.29 is 26.8 Å². The van der Waals surface area contributed by atoms with Crippen molar-refractivity contribution in [1.82, 2.24) is 10.0 Å². The molecule has 2 aliphatic rings. The molecule has 2 fully saturated rings. The molecule has 2 amide bonds. The molecule has 2 aliphatic carbocycles. The SMILES string of the molecule is CCCC(C)C(=O)NC1(C(=O)NS(=O)(=O)C2(C)CC2)CC1C(F)F. The summed E-state index contributed by atoms with van der Waals surface area (Å²) in [6.45, 7) is 5.02. The van der Waals surface area contributed by atoms with Gasteiger partial charge >= 0.3 is 0 Å².